The summed E-state index contributed by atoms with van der Waals surface area (Å²) in [6.45, 7) is 13.5. The lowest BCUT2D eigenvalue weighted by Crippen LogP contribution is -2.25. The van der Waals surface area contributed by atoms with Gasteiger partial charge in [-0.1, -0.05) is 178 Å². The van der Waals surface area contributed by atoms with Gasteiger partial charge in [0.2, 0.25) is 0 Å². The number of hydrogen-bond donors (Lipinski definition) is 0. The van der Waals surface area contributed by atoms with E-state index in [1.54, 1.807) is 0 Å². The Balaban J connectivity index is 1.34. The van der Waals surface area contributed by atoms with Crippen LogP contribution in [0.5, 0.6) is 0 Å². The monoisotopic (exact) mass is 799 g/mol. The van der Waals surface area contributed by atoms with Crippen LogP contribution in [-0.4, -0.2) is 26.2 Å². The van der Waals surface area contributed by atoms with Gasteiger partial charge in [-0.3, -0.25) is 0 Å². The highest BCUT2D eigenvalue weighted by molar-refractivity contribution is 6.10. The van der Waals surface area contributed by atoms with Gasteiger partial charge in [0, 0.05) is 59.1 Å². The maximum atomic E-state index is 10.6. The van der Waals surface area contributed by atoms with Gasteiger partial charge in [-0.2, -0.15) is 10.5 Å². The average molecular weight is 799 g/mol. The fraction of sp³-hybridized carbons (Fsp3) is 0.429. The number of nitrogens with zero attached hydrogens (tertiary/aromatic N) is 4. The number of fused-ring (bicyclic) bond motifs is 2. The van der Waals surface area contributed by atoms with Crippen molar-refractivity contribution >= 4 is 57.2 Å². The fourth-order valence-electron chi connectivity index (χ4n) is 8.35. The molecule has 0 heterocycles. The van der Waals surface area contributed by atoms with E-state index < -0.39 is 0 Å². The van der Waals surface area contributed by atoms with E-state index in [-0.39, 0.29) is 0 Å². The molecule has 0 N–H and O–H groups in total. The smallest absolute Gasteiger partial charge is 0.100 e. The predicted octanol–water partition coefficient (Wildman–Crippen LogP) is 16.0. The maximum Gasteiger partial charge on any atom is 0.100 e. The van der Waals surface area contributed by atoms with Gasteiger partial charge in [0.15, 0.2) is 0 Å². The molecule has 5 aromatic rings. The Morgan fingerprint density at radius 1 is 0.367 bits per heavy atom. The Morgan fingerprint density at radius 3 is 0.983 bits per heavy atom. The van der Waals surface area contributed by atoms with Crippen LogP contribution >= 0.6 is 0 Å². The second-order valence-electron chi connectivity index (χ2n) is 16.7. The number of anilines is 2. The van der Waals surface area contributed by atoms with Crippen LogP contribution in [0.1, 0.15) is 164 Å². The normalized spacial score (nSPS) is 11.5. The van der Waals surface area contributed by atoms with Crippen molar-refractivity contribution < 1.29 is 0 Å². The molecule has 0 radical (unpaired) electrons. The van der Waals surface area contributed by atoms with E-state index in [9.17, 15) is 10.5 Å². The predicted molar refractivity (Wildman–Crippen MR) is 263 cm³/mol. The molecule has 0 aliphatic heterocycles. The molecule has 0 amide bonds. The van der Waals surface area contributed by atoms with Gasteiger partial charge in [0.05, 0.1) is 11.1 Å². The molecule has 0 spiro atoms. The molecule has 314 valence electrons. The number of nitriles is 2. The first-order valence-corrected chi connectivity index (χ1v) is 23.4. The third-order valence-electron chi connectivity index (χ3n) is 12.0. The van der Waals surface area contributed by atoms with Crippen molar-refractivity contribution in [2.75, 3.05) is 36.0 Å². The van der Waals surface area contributed by atoms with E-state index in [4.69, 9.17) is 0 Å². The van der Waals surface area contributed by atoms with Gasteiger partial charge in [-0.25, -0.2) is 0 Å². The minimum absolute atomic E-state index is 0.606. The van der Waals surface area contributed by atoms with Crippen molar-refractivity contribution in [3.63, 3.8) is 0 Å². The second kappa shape index (κ2) is 25.3. The molecule has 5 rings (SSSR count). The molecule has 60 heavy (non-hydrogen) atoms. The summed E-state index contributed by atoms with van der Waals surface area (Å²) >= 11 is 0. The zero-order chi connectivity index (χ0) is 42.4. The average Bonchev–Trinajstić information content (AvgIpc) is 3.28. The third kappa shape index (κ3) is 13.3. The number of hydrogen-bond acceptors (Lipinski definition) is 4. The van der Waals surface area contributed by atoms with Gasteiger partial charge in [-0.15, -0.1) is 0 Å². The summed E-state index contributed by atoms with van der Waals surface area (Å²) in [7, 11) is 0. The zero-order valence-corrected chi connectivity index (χ0v) is 37.3. The van der Waals surface area contributed by atoms with Crippen LogP contribution < -0.4 is 9.80 Å². The lowest BCUT2D eigenvalue weighted by molar-refractivity contribution is 0.609. The molecule has 0 aliphatic carbocycles. The number of rotatable bonds is 26. The van der Waals surface area contributed by atoms with Crippen molar-refractivity contribution in [2.45, 2.75) is 130 Å². The minimum atomic E-state index is 0.606. The molecule has 4 heteroatoms. The quantitative estimate of drug-likeness (QED) is 0.0318. The van der Waals surface area contributed by atoms with Gasteiger partial charge in [-0.05, 0) is 84.3 Å². The molecule has 4 nitrogen and oxygen atoms in total. The van der Waals surface area contributed by atoms with Crippen molar-refractivity contribution in [3.05, 3.63) is 118 Å². The van der Waals surface area contributed by atoms with Gasteiger partial charge in [0.25, 0.3) is 0 Å². The standard InChI is InChI=1S/C56H70N4/c1-5-9-13-17-37-59(38-18-14-10-6-2)49-31-25-45(26-32-49)21-23-47-29-35-51-53(41-47)56(44-58)54-42-48(30-36-52(54)55(51)43-57)24-22-46-27-33-50(34-28-46)60(39-19-15-11-7-3)40-20-16-12-8-4/h21-36,41-42H,5-20,37-40H2,1-4H3/b23-21+,24-22+. The first-order valence-electron chi connectivity index (χ1n) is 23.4. The van der Waals surface area contributed by atoms with Crippen molar-refractivity contribution in [3.8, 4) is 12.1 Å². The Hall–Kier alpha value is -5.32. The first-order chi connectivity index (χ1) is 29.5. The molecule has 5 aromatic carbocycles. The van der Waals surface area contributed by atoms with Crippen LogP contribution in [0.4, 0.5) is 11.4 Å². The highest BCUT2D eigenvalue weighted by Gasteiger charge is 2.15. The van der Waals surface area contributed by atoms with E-state index in [2.05, 4.69) is 147 Å². The highest BCUT2D eigenvalue weighted by Crippen LogP contribution is 2.34. The molecule has 0 saturated carbocycles. The van der Waals surface area contributed by atoms with Crippen molar-refractivity contribution in [1.29, 1.82) is 10.5 Å². The van der Waals surface area contributed by atoms with E-state index in [0.717, 1.165) is 70.0 Å². The fourth-order valence-corrected chi connectivity index (χ4v) is 8.35. The topological polar surface area (TPSA) is 54.1 Å². The minimum Gasteiger partial charge on any atom is -0.372 e. The van der Waals surface area contributed by atoms with E-state index in [1.165, 1.54) is 114 Å². The van der Waals surface area contributed by atoms with Gasteiger partial charge in [0.1, 0.15) is 12.1 Å². The summed E-state index contributed by atoms with van der Waals surface area (Å²) in [6.07, 6.45) is 28.9. The molecule has 0 bridgehead atoms. The van der Waals surface area contributed by atoms with Crippen LogP contribution in [0.15, 0.2) is 84.9 Å². The molecule has 0 atom stereocenters. The molecule has 0 unspecified atom stereocenters. The Morgan fingerprint density at radius 2 is 0.667 bits per heavy atom. The third-order valence-corrected chi connectivity index (χ3v) is 12.0. The van der Waals surface area contributed by atoms with Crippen LogP contribution in [-0.2, 0) is 0 Å². The van der Waals surface area contributed by atoms with Crippen LogP contribution in [0.25, 0.3) is 45.8 Å². The van der Waals surface area contributed by atoms with Gasteiger partial charge >= 0.3 is 0 Å². The van der Waals surface area contributed by atoms with E-state index in [0.29, 0.717) is 11.1 Å². The highest BCUT2D eigenvalue weighted by atomic mass is 15.1. The molecule has 0 aliphatic rings. The van der Waals surface area contributed by atoms with Crippen molar-refractivity contribution in [1.82, 2.24) is 0 Å². The number of benzene rings is 5. The summed E-state index contributed by atoms with van der Waals surface area (Å²) in [5.41, 5.74) is 8.10. The van der Waals surface area contributed by atoms with Crippen LogP contribution in [0, 0.1) is 22.7 Å². The summed E-state index contributed by atoms with van der Waals surface area (Å²) in [5.74, 6) is 0. The summed E-state index contributed by atoms with van der Waals surface area (Å²) < 4.78 is 0. The first kappa shape index (κ1) is 45.8. The molecular formula is C56H70N4. The van der Waals surface area contributed by atoms with Gasteiger partial charge < -0.3 is 9.80 Å². The SMILES string of the molecule is CCCCCCN(CCCCCC)c1ccc(/C=C/c2ccc3c(C#N)c4ccc(/C=C/c5ccc(N(CCCCCC)CCCCCC)cc5)cc4c(C#N)c3c2)cc1. The lowest BCUT2D eigenvalue weighted by Gasteiger charge is -2.25. The second-order valence-corrected chi connectivity index (χ2v) is 16.7. The Labute approximate surface area is 363 Å². The molecule has 0 fully saturated rings. The Kier molecular flexibility index (Phi) is 19.3. The Bertz CT molecular complexity index is 2030. The largest absolute Gasteiger partial charge is 0.372 e. The van der Waals surface area contributed by atoms with Crippen molar-refractivity contribution in [2.24, 2.45) is 0 Å². The molecular weight excluding hydrogens is 729 g/mol. The van der Waals surface area contributed by atoms with E-state index in [1.807, 2.05) is 12.1 Å². The summed E-state index contributed by atoms with van der Waals surface area (Å²) in [4.78, 5) is 5.14. The summed E-state index contributed by atoms with van der Waals surface area (Å²) in [6, 6.07) is 35.1. The molecule has 0 aromatic heterocycles. The summed E-state index contributed by atoms with van der Waals surface area (Å²) in [5, 5.41) is 24.2. The van der Waals surface area contributed by atoms with E-state index >= 15 is 0 Å². The lowest BCUT2D eigenvalue weighted by atomic mass is 9.90. The number of unbranched alkanes of at least 4 members (excludes halogenated alkanes) is 12. The van der Waals surface area contributed by atoms with Crippen LogP contribution in [0.3, 0.4) is 0 Å². The maximum absolute atomic E-state index is 10.6. The molecule has 0 saturated heterocycles. The van der Waals surface area contributed by atoms with Crippen LogP contribution in [0.2, 0.25) is 0 Å². The zero-order valence-electron chi connectivity index (χ0n) is 37.3.